The molecule has 0 aromatic rings. The molecule has 0 radical (unpaired) electrons. The van der Waals surface area contributed by atoms with Gasteiger partial charge in [-0.3, -0.25) is 9.80 Å². The first-order valence-electron chi connectivity index (χ1n) is 1.98. The zero-order valence-corrected chi connectivity index (χ0v) is 4.00. The molecule has 0 aliphatic heterocycles. The second-order valence-corrected chi connectivity index (χ2v) is 1.13. The van der Waals surface area contributed by atoms with Crippen LogP contribution in [0.25, 0.3) is 0 Å². The molecule has 0 spiro atoms. The van der Waals surface area contributed by atoms with Crippen LogP contribution in [0, 0.1) is 0 Å². The molecule has 7 heavy (non-hydrogen) atoms. The number of hydrogen-bond acceptors (Lipinski definition) is 3. The lowest BCUT2D eigenvalue weighted by atomic mass is 10.6. The normalized spacial score (nSPS) is 8.29. The summed E-state index contributed by atoms with van der Waals surface area (Å²) >= 11 is 0. The third-order valence-corrected chi connectivity index (χ3v) is 0.523. The van der Waals surface area contributed by atoms with Crippen molar-refractivity contribution in [1.82, 2.24) is 5.01 Å². The van der Waals surface area contributed by atoms with Crippen LogP contribution < -0.4 is 11.6 Å². The predicted octanol–water partition coefficient (Wildman–Crippen LogP) is -1.72. The molecule has 0 heterocycles. The van der Waals surface area contributed by atoms with E-state index in [0.29, 0.717) is 19.5 Å². The van der Waals surface area contributed by atoms with Gasteiger partial charge in [0.15, 0.2) is 0 Å². The van der Waals surface area contributed by atoms with Gasteiger partial charge in [0.2, 0.25) is 6.41 Å². The van der Waals surface area contributed by atoms with Gasteiger partial charge in [-0.05, 0) is 0 Å². The summed E-state index contributed by atoms with van der Waals surface area (Å²) in [5.74, 6) is 4.97. The fourth-order valence-corrected chi connectivity index (χ4v) is 0.202. The highest BCUT2D eigenvalue weighted by molar-refractivity contribution is 5.45. The van der Waals surface area contributed by atoms with E-state index >= 15 is 0 Å². The van der Waals surface area contributed by atoms with Crippen LogP contribution in [0.5, 0.6) is 0 Å². The second-order valence-electron chi connectivity index (χ2n) is 1.13. The lowest BCUT2D eigenvalue weighted by molar-refractivity contribution is -0.118. The molecule has 0 unspecified atom stereocenters. The maximum Gasteiger partial charge on any atom is 0.223 e. The first kappa shape index (κ1) is 6.39. The van der Waals surface area contributed by atoms with Gasteiger partial charge in [0.1, 0.15) is 0 Å². The summed E-state index contributed by atoms with van der Waals surface area (Å²) in [5, 5.41) is 1.00. The lowest BCUT2D eigenvalue weighted by Gasteiger charge is -2.05. The van der Waals surface area contributed by atoms with Crippen molar-refractivity contribution in [2.75, 3.05) is 13.1 Å². The van der Waals surface area contributed by atoms with Crippen molar-refractivity contribution in [3.63, 3.8) is 0 Å². The van der Waals surface area contributed by atoms with Crippen molar-refractivity contribution >= 4 is 6.41 Å². The van der Waals surface area contributed by atoms with E-state index in [1.165, 1.54) is 0 Å². The van der Waals surface area contributed by atoms with Crippen LogP contribution in [0.2, 0.25) is 0 Å². The predicted molar refractivity (Wildman–Crippen MR) is 26.0 cm³/mol. The largest absolute Gasteiger partial charge is 0.329 e. The summed E-state index contributed by atoms with van der Waals surface area (Å²) in [5.41, 5.74) is 5.02. The monoisotopic (exact) mass is 103 g/mol. The molecule has 4 heteroatoms. The first-order valence-corrected chi connectivity index (χ1v) is 1.98. The summed E-state index contributed by atoms with van der Waals surface area (Å²) in [6.45, 7) is 0.832. The SMILES string of the molecule is NCCN(N)C=O. The number of hydrazine groups is 1. The molecule has 0 fully saturated rings. The Morgan fingerprint density at radius 2 is 2.29 bits per heavy atom. The smallest absolute Gasteiger partial charge is 0.223 e. The number of hydrogen-bond donors (Lipinski definition) is 2. The summed E-state index contributed by atoms with van der Waals surface area (Å²) in [6.07, 6.45) is 0.535. The number of amides is 1. The van der Waals surface area contributed by atoms with Gasteiger partial charge in [0, 0.05) is 13.1 Å². The molecule has 0 aromatic carbocycles. The molecule has 0 rings (SSSR count). The quantitative estimate of drug-likeness (QED) is 0.193. The summed E-state index contributed by atoms with van der Waals surface area (Å²) < 4.78 is 0. The molecular weight excluding hydrogens is 94.1 g/mol. The van der Waals surface area contributed by atoms with Gasteiger partial charge in [-0.15, -0.1) is 0 Å². The van der Waals surface area contributed by atoms with Crippen molar-refractivity contribution in [2.24, 2.45) is 11.6 Å². The Morgan fingerprint density at radius 3 is 2.43 bits per heavy atom. The maximum absolute atomic E-state index is 9.64. The van der Waals surface area contributed by atoms with Gasteiger partial charge < -0.3 is 5.73 Å². The van der Waals surface area contributed by atoms with Crippen molar-refractivity contribution in [2.45, 2.75) is 0 Å². The zero-order valence-electron chi connectivity index (χ0n) is 4.00. The molecule has 0 saturated carbocycles. The molecule has 4 nitrogen and oxygen atoms in total. The number of nitrogens with zero attached hydrogens (tertiary/aromatic N) is 1. The van der Waals surface area contributed by atoms with Gasteiger partial charge in [-0.2, -0.15) is 0 Å². The topological polar surface area (TPSA) is 72.3 Å². The summed E-state index contributed by atoms with van der Waals surface area (Å²) in [4.78, 5) is 9.64. The molecular formula is C3H9N3O. The van der Waals surface area contributed by atoms with Gasteiger partial charge in [-0.1, -0.05) is 0 Å². The maximum atomic E-state index is 9.64. The van der Waals surface area contributed by atoms with E-state index in [1.54, 1.807) is 0 Å². The standard InChI is InChI=1S/C3H9N3O/c4-1-2-6(5)3-7/h3H,1-2,4-5H2. The van der Waals surface area contributed by atoms with Gasteiger partial charge in [0.05, 0.1) is 0 Å². The fourth-order valence-electron chi connectivity index (χ4n) is 0.202. The Hall–Kier alpha value is -0.610. The summed E-state index contributed by atoms with van der Waals surface area (Å²) in [7, 11) is 0. The fraction of sp³-hybridized carbons (Fsp3) is 0.667. The van der Waals surface area contributed by atoms with Crippen LogP contribution in [-0.2, 0) is 4.79 Å². The van der Waals surface area contributed by atoms with Gasteiger partial charge in [0.25, 0.3) is 0 Å². The Kier molecular flexibility index (Phi) is 3.26. The molecule has 0 aliphatic carbocycles. The highest BCUT2D eigenvalue weighted by atomic mass is 16.1. The van der Waals surface area contributed by atoms with Crippen molar-refractivity contribution < 1.29 is 4.79 Å². The third kappa shape index (κ3) is 3.21. The minimum Gasteiger partial charge on any atom is -0.329 e. The number of carbonyl (C=O) groups excluding carboxylic acids is 1. The van der Waals surface area contributed by atoms with E-state index in [9.17, 15) is 4.79 Å². The molecule has 0 bridgehead atoms. The molecule has 0 aromatic heterocycles. The van der Waals surface area contributed by atoms with Crippen LogP contribution in [0.4, 0.5) is 0 Å². The molecule has 0 atom stereocenters. The van der Waals surface area contributed by atoms with Crippen molar-refractivity contribution in [1.29, 1.82) is 0 Å². The number of nitrogens with two attached hydrogens (primary N) is 2. The molecule has 0 aliphatic rings. The van der Waals surface area contributed by atoms with E-state index in [2.05, 4.69) is 0 Å². The lowest BCUT2D eigenvalue weighted by Crippen LogP contribution is -2.34. The van der Waals surface area contributed by atoms with Gasteiger partial charge in [-0.25, -0.2) is 5.84 Å². The van der Waals surface area contributed by atoms with Crippen LogP contribution in [-0.4, -0.2) is 24.5 Å². The van der Waals surface area contributed by atoms with Crippen LogP contribution in [0.1, 0.15) is 0 Å². The molecule has 1 amide bonds. The van der Waals surface area contributed by atoms with Gasteiger partial charge >= 0.3 is 0 Å². The number of rotatable bonds is 3. The minimum atomic E-state index is 0.412. The first-order chi connectivity index (χ1) is 3.31. The van der Waals surface area contributed by atoms with E-state index in [-0.39, 0.29) is 0 Å². The Labute approximate surface area is 42.0 Å². The highest BCUT2D eigenvalue weighted by Gasteiger charge is 1.85. The minimum absolute atomic E-state index is 0.412. The van der Waals surface area contributed by atoms with E-state index in [1.807, 2.05) is 0 Å². The van der Waals surface area contributed by atoms with Crippen LogP contribution in [0.3, 0.4) is 0 Å². The third-order valence-electron chi connectivity index (χ3n) is 0.523. The Bertz CT molecular complexity index is 56.1. The second kappa shape index (κ2) is 3.58. The molecule has 0 saturated heterocycles. The van der Waals surface area contributed by atoms with E-state index in [4.69, 9.17) is 11.6 Å². The average molecular weight is 103 g/mol. The summed E-state index contributed by atoms with van der Waals surface area (Å²) in [6, 6.07) is 0. The van der Waals surface area contributed by atoms with Crippen LogP contribution >= 0.6 is 0 Å². The Morgan fingerprint density at radius 1 is 1.71 bits per heavy atom. The highest BCUT2D eigenvalue weighted by Crippen LogP contribution is 1.60. The van der Waals surface area contributed by atoms with E-state index in [0.717, 1.165) is 5.01 Å². The zero-order chi connectivity index (χ0) is 5.70. The van der Waals surface area contributed by atoms with Crippen molar-refractivity contribution in [3.05, 3.63) is 0 Å². The van der Waals surface area contributed by atoms with E-state index < -0.39 is 0 Å². The molecule has 42 valence electrons. The van der Waals surface area contributed by atoms with Crippen LogP contribution in [0.15, 0.2) is 0 Å². The molecule has 4 N–H and O–H groups in total. The van der Waals surface area contributed by atoms with Crippen molar-refractivity contribution in [3.8, 4) is 0 Å². The number of carbonyl (C=O) groups is 1. The average Bonchev–Trinajstić information content (AvgIpc) is 1.68. The Balaban J connectivity index is 2.98.